The molecule has 3 aromatic rings. The molecule has 220 valence electrons. The summed E-state index contributed by atoms with van der Waals surface area (Å²) in [5.74, 6) is 0.763. The molecular formula is C35H40N2O5. The number of nitrogens with zero attached hydrogens (tertiary/aromatic N) is 1. The zero-order chi connectivity index (χ0) is 29.3. The van der Waals surface area contributed by atoms with Crippen LogP contribution in [0, 0.1) is 11.8 Å². The van der Waals surface area contributed by atoms with E-state index in [9.17, 15) is 19.5 Å². The molecule has 2 N–H and O–H groups in total. The first-order valence-electron chi connectivity index (χ1n) is 15.2. The van der Waals surface area contributed by atoms with Gasteiger partial charge in [-0.05, 0) is 67.9 Å². The van der Waals surface area contributed by atoms with Gasteiger partial charge in [0.1, 0.15) is 11.8 Å². The highest BCUT2D eigenvalue weighted by molar-refractivity contribution is 6.12. The number of ether oxygens (including phenoxy) is 1. The Labute approximate surface area is 247 Å². The first-order valence-corrected chi connectivity index (χ1v) is 15.2. The highest BCUT2D eigenvalue weighted by atomic mass is 16.5. The molecule has 1 amide bonds. The summed E-state index contributed by atoms with van der Waals surface area (Å²) >= 11 is 0. The molecule has 0 bridgehead atoms. The average molecular weight is 569 g/mol. The van der Waals surface area contributed by atoms with Crippen LogP contribution in [0.2, 0.25) is 0 Å². The van der Waals surface area contributed by atoms with Gasteiger partial charge in [-0.1, -0.05) is 67.4 Å². The van der Waals surface area contributed by atoms with Gasteiger partial charge in [-0.25, -0.2) is 4.79 Å². The number of anilines is 1. The maximum absolute atomic E-state index is 13.1. The lowest BCUT2D eigenvalue weighted by molar-refractivity contribution is -0.138. The molecule has 5 rings (SSSR count). The predicted octanol–water partition coefficient (Wildman–Crippen LogP) is 6.22. The van der Waals surface area contributed by atoms with E-state index in [1.165, 1.54) is 12.8 Å². The van der Waals surface area contributed by atoms with Gasteiger partial charge in [-0.3, -0.25) is 9.59 Å². The summed E-state index contributed by atoms with van der Waals surface area (Å²) in [5.41, 5.74) is 2.30. The maximum Gasteiger partial charge on any atom is 0.326 e. The van der Waals surface area contributed by atoms with Crippen LogP contribution in [0.3, 0.4) is 0 Å². The molecule has 0 saturated heterocycles. The smallest absolute Gasteiger partial charge is 0.326 e. The first-order chi connectivity index (χ1) is 20.5. The molecule has 2 aliphatic carbocycles. The number of para-hydroxylation sites is 1. The molecule has 2 saturated carbocycles. The van der Waals surface area contributed by atoms with Gasteiger partial charge in [0.2, 0.25) is 5.91 Å². The van der Waals surface area contributed by atoms with Crippen molar-refractivity contribution < 1.29 is 24.2 Å². The van der Waals surface area contributed by atoms with Gasteiger partial charge in [0.25, 0.3) is 0 Å². The van der Waals surface area contributed by atoms with Crippen LogP contribution in [0.5, 0.6) is 5.75 Å². The van der Waals surface area contributed by atoms with Crippen molar-refractivity contribution in [2.75, 3.05) is 25.0 Å². The summed E-state index contributed by atoms with van der Waals surface area (Å²) in [7, 11) is 0. The van der Waals surface area contributed by atoms with Gasteiger partial charge in [0.15, 0.2) is 5.78 Å². The fourth-order valence-electron chi connectivity index (χ4n) is 5.68. The van der Waals surface area contributed by atoms with Crippen molar-refractivity contribution in [2.24, 2.45) is 11.8 Å². The first kappa shape index (κ1) is 29.4. The molecule has 3 aromatic carbocycles. The van der Waals surface area contributed by atoms with Crippen molar-refractivity contribution >= 4 is 23.3 Å². The second kappa shape index (κ2) is 14.2. The van der Waals surface area contributed by atoms with E-state index in [1.807, 2.05) is 30.3 Å². The summed E-state index contributed by atoms with van der Waals surface area (Å²) in [5, 5.41) is 13.0. The third kappa shape index (κ3) is 7.99. The number of carbonyl (C=O) groups excluding carboxylic acids is 2. The Morgan fingerprint density at radius 3 is 2.26 bits per heavy atom. The van der Waals surface area contributed by atoms with E-state index in [4.69, 9.17) is 4.74 Å². The second-order valence-corrected chi connectivity index (χ2v) is 11.5. The third-order valence-electron chi connectivity index (χ3n) is 8.23. The molecular weight excluding hydrogens is 528 g/mol. The standard InChI is InChI=1S/C35H40N2O5/c38-33(27-9-2-1-3-10-27)30-13-6-7-14-31(30)36-32(35(40)41)23-25-17-19-29(20-18-25)42-22-8-21-37(24-26-15-16-26)34(39)28-11-4-5-12-28/h1-3,6-7,9-10,13-14,17-20,26,28,32,36H,4-5,8,11-12,15-16,21-24H2,(H,40,41)/t32-/m0/s1. The summed E-state index contributed by atoms with van der Waals surface area (Å²) in [6, 6.07) is 22.5. The maximum atomic E-state index is 13.1. The van der Waals surface area contributed by atoms with Crippen molar-refractivity contribution in [3.8, 4) is 5.75 Å². The van der Waals surface area contributed by atoms with Gasteiger partial charge < -0.3 is 20.1 Å². The van der Waals surface area contributed by atoms with E-state index >= 15 is 0 Å². The lowest BCUT2D eigenvalue weighted by atomic mass is 10.00. The third-order valence-corrected chi connectivity index (χ3v) is 8.23. The van der Waals surface area contributed by atoms with Crippen LogP contribution in [0.1, 0.15) is 66.4 Å². The molecule has 0 heterocycles. The molecule has 0 spiro atoms. The molecule has 2 fully saturated rings. The van der Waals surface area contributed by atoms with Crippen LogP contribution >= 0.6 is 0 Å². The molecule has 2 aliphatic rings. The minimum absolute atomic E-state index is 0.164. The Kier molecular flexibility index (Phi) is 9.90. The quantitative estimate of drug-likeness (QED) is 0.167. The SMILES string of the molecule is O=C(c1ccccc1)c1ccccc1N[C@@H](Cc1ccc(OCCCN(CC2CC2)C(=O)C2CCCC2)cc1)C(=O)O. The molecule has 1 atom stereocenters. The van der Waals surface area contributed by atoms with E-state index in [-0.39, 0.29) is 18.1 Å². The second-order valence-electron chi connectivity index (χ2n) is 11.5. The van der Waals surface area contributed by atoms with Crippen LogP contribution < -0.4 is 10.1 Å². The van der Waals surface area contributed by atoms with E-state index < -0.39 is 12.0 Å². The number of benzene rings is 3. The van der Waals surface area contributed by atoms with Gasteiger partial charge >= 0.3 is 5.97 Å². The van der Waals surface area contributed by atoms with Gasteiger partial charge in [0.05, 0.1) is 6.61 Å². The van der Waals surface area contributed by atoms with Crippen molar-refractivity contribution in [3.63, 3.8) is 0 Å². The molecule has 0 aliphatic heterocycles. The van der Waals surface area contributed by atoms with Crippen molar-refractivity contribution in [2.45, 2.75) is 57.4 Å². The summed E-state index contributed by atoms with van der Waals surface area (Å²) < 4.78 is 5.96. The minimum atomic E-state index is -1.000. The van der Waals surface area contributed by atoms with E-state index in [0.717, 1.165) is 50.8 Å². The van der Waals surface area contributed by atoms with Crippen molar-refractivity contribution in [1.82, 2.24) is 4.90 Å². The van der Waals surface area contributed by atoms with Crippen LogP contribution in [0.4, 0.5) is 5.69 Å². The Morgan fingerprint density at radius 1 is 0.881 bits per heavy atom. The summed E-state index contributed by atoms with van der Waals surface area (Å²) in [6.45, 7) is 2.13. The van der Waals surface area contributed by atoms with E-state index in [0.29, 0.717) is 41.0 Å². The van der Waals surface area contributed by atoms with Gasteiger partial charge in [-0.2, -0.15) is 0 Å². The van der Waals surface area contributed by atoms with Crippen molar-refractivity contribution in [3.05, 3.63) is 95.6 Å². The monoisotopic (exact) mass is 568 g/mol. The Morgan fingerprint density at radius 2 is 1.57 bits per heavy atom. The molecule has 0 radical (unpaired) electrons. The van der Waals surface area contributed by atoms with Crippen LogP contribution in [0.25, 0.3) is 0 Å². The van der Waals surface area contributed by atoms with E-state index in [2.05, 4.69) is 10.2 Å². The topological polar surface area (TPSA) is 95.9 Å². The highest BCUT2D eigenvalue weighted by Crippen LogP contribution is 2.32. The van der Waals surface area contributed by atoms with Crippen LogP contribution in [0.15, 0.2) is 78.9 Å². The lowest BCUT2D eigenvalue weighted by Gasteiger charge is -2.25. The van der Waals surface area contributed by atoms with Crippen LogP contribution in [-0.4, -0.2) is 53.4 Å². The zero-order valence-corrected chi connectivity index (χ0v) is 24.0. The normalized spacial score (nSPS) is 15.6. The number of carbonyl (C=O) groups is 3. The Bertz CT molecular complexity index is 1350. The van der Waals surface area contributed by atoms with Crippen molar-refractivity contribution in [1.29, 1.82) is 0 Å². The predicted molar refractivity (Wildman–Crippen MR) is 163 cm³/mol. The fourth-order valence-corrected chi connectivity index (χ4v) is 5.68. The van der Waals surface area contributed by atoms with Gasteiger partial charge in [0, 0.05) is 42.2 Å². The number of carboxylic acids is 1. The molecule has 7 nitrogen and oxygen atoms in total. The molecule has 42 heavy (non-hydrogen) atoms. The molecule has 0 aromatic heterocycles. The number of hydrogen-bond donors (Lipinski definition) is 2. The Hall–Kier alpha value is -4.13. The zero-order valence-electron chi connectivity index (χ0n) is 24.0. The number of ketones is 1. The summed E-state index contributed by atoms with van der Waals surface area (Å²) in [6.07, 6.45) is 7.86. The van der Waals surface area contributed by atoms with Gasteiger partial charge in [-0.15, -0.1) is 0 Å². The fraction of sp³-hybridized carbons (Fsp3) is 0.400. The largest absolute Gasteiger partial charge is 0.494 e. The number of aliphatic carboxylic acids is 1. The highest BCUT2D eigenvalue weighted by Gasteiger charge is 2.31. The number of nitrogens with one attached hydrogen (secondary N) is 1. The summed E-state index contributed by atoms with van der Waals surface area (Å²) in [4.78, 5) is 40.3. The number of amides is 1. The van der Waals surface area contributed by atoms with E-state index in [1.54, 1.807) is 48.5 Å². The Balaban J connectivity index is 1.13. The molecule has 7 heteroatoms. The number of hydrogen-bond acceptors (Lipinski definition) is 5. The minimum Gasteiger partial charge on any atom is -0.494 e. The number of rotatable bonds is 15. The number of carboxylic acid groups (broad SMARTS) is 1. The van der Waals surface area contributed by atoms with Crippen LogP contribution in [-0.2, 0) is 16.0 Å². The molecule has 0 unspecified atom stereocenters. The average Bonchev–Trinajstić information content (AvgIpc) is 3.67. The lowest BCUT2D eigenvalue weighted by Crippen LogP contribution is -2.38.